The minimum atomic E-state index is -0.107. The van der Waals surface area contributed by atoms with Gasteiger partial charge in [-0.3, -0.25) is 4.79 Å². The van der Waals surface area contributed by atoms with E-state index in [4.69, 9.17) is 0 Å². The van der Waals surface area contributed by atoms with Gasteiger partial charge in [0.25, 0.3) is 0 Å². The molecule has 1 heterocycles. The molecular weight excluding hydrogens is 338 g/mol. The van der Waals surface area contributed by atoms with Crippen LogP contribution in [0, 0.1) is 5.92 Å². The number of likely N-dealkylation sites (tertiary alicyclic amines) is 1. The molecule has 0 unspecified atom stereocenters. The number of hydrogen-bond donors (Lipinski definition) is 2. The van der Waals surface area contributed by atoms with Crippen molar-refractivity contribution in [1.29, 1.82) is 0 Å². The Morgan fingerprint density at radius 3 is 2.07 bits per heavy atom. The lowest BCUT2D eigenvalue weighted by atomic mass is 9.96. The van der Waals surface area contributed by atoms with Crippen LogP contribution in [0.4, 0.5) is 16.2 Å². The molecule has 27 heavy (non-hydrogen) atoms. The molecule has 1 aliphatic rings. The minimum Gasteiger partial charge on any atom is -0.326 e. The van der Waals surface area contributed by atoms with E-state index in [2.05, 4.69) is 36.6 Å². The van der Waals surface area contributed by atoms with E-state index in [9.17, 15) is 9.59 Å². The van der Waals surface area contributed by atoms with Crippen LogP contribution < -0.4 is 10.6 Å². The second-order valence-electron chi connectivity index (χ2n) is 7.32. The molecule has 0 saturated carbocycles. The molecule has 2 N–H and O–H groups in total. The molecule has 0 atom stereocenters. The van der Waals surface area contributed by atoms with Gasteiger partial charge in [-0.25, -0.2) is 4.79 Å². The van der Waals surface area contributed by atoms with Crippen molar-refractivity contribution in [3.63, 3.8) is 0 Å². The Labute approximate surface area is 160 Å². The van der Waals surface area contributed by atoms with Gasteiger partial charge in [-0.2, -0.15) is 0 Å². The Hall–Kier alpha value is -2.82. The molecular formula is C22H27N3O2. The number of hydrogen-bond acceptors (Lipinski definition) is 2. The largest absolute Gasteiger partial charge is 0.326 e. The van der Waals surface area contributed by atoms with Gasteiger partial charge in [0, 0.05) is 30.4 Å². The Bertz CT molecular complexity index is 764. The van der Waals surface area contributed by atoms with Gasteiger partial charge in [0.2, 0.25) is 5.91 Å². The van der Waals surface area contributed by atoms with Gasteiger partial charge in [-0.05, 0) is 48.6 Å². The van der Waals surface area contributed by atoms with Crippen molar-refractivity contribution in [1.82, 2.24) is 4.90 Å². The van der Waals surface area contributed by atoms with Gasteiger partial charge in [0.1, 0.15) is 0 Å². The molecule has 0 radical (unpaired) electrons. The van der Waals surface area contributed by atoms with Crippen LogP contribution in [0.3, 0.4) is 0 Å². The molecule has 0 spiro atoms. The first-order valence-corrected chi connectivity index (χ1v) is 9.54. The van der Waals surface area contributed by atoms with Crippen molar-refractivity contribution in [2.45, 2.75) is 32.6 Å². The van der Waals surface area contributed by atoms with Gasteiger partial charge < -0.3 is 15.5 Å². The quantitative estimate of drug-likeness (QED) is 0.825. The number of para-hydroxylation sites is 1. The lowest BCUT2D eigenvalue weighted by Crippen LogP contribution is -2.43. The summed E-state index contributed by atoms with van der Waals surface area (Å²) in [6.07, 6.45) is 1.36. The summed E-state index contributed by atoms with van der Waals surface area (Å²) >= 11 is 0. The first-order valence-electron chi connectivity index (χ1n) is 9.54. The van der Waals surface area contributed by atoms with E-state index < -0.39 is 0 Å². The maximum absolute atomic E-state index is 12.5. The summed E-state index contributed by atoms with van der Waals surface area (Å²) in [6, 6.07) is 17.3. The normalized spacial score (nSPS) is 14.9. The van der Waals surface area contributed by atoms with Crippen LogP contribution in [0.25, 0.3) is 0 Å². The van der Waals surface area contributed by atoms with Gasteiger partial charge in [-0.15, -0.1) is 0 Å². The van der Waals surface area contributed by atoms with E-state index in [-0.39, 0.29) is 17.9 Å². The molecule has 2 aromatic rings. The van der Waals surface area contributed by atoms with E-state index in [0.717, 1.165) is 11.4 Å². The van der Waals surface area contributed by atoms with Crippen molar-refractivity contribution in [3.8, 4) is 0 Å². The molecule has 3 rings (SSSR count). The summed E-state index contributed by atoms with van der Waals surface area (Å²) in [7, 11) is 0. The molecule has 1 saturated heterocycles. The summed E-state index contributed by atoms with van der Waals surface area (Å²) in [4.78, 5) is 26.6. The number of urea groups is 1. The average Bonchev–Trinajstić information content (AvgIpc) is 2.69. The summed E-state index contributed by atoms with van der Waals surface area (Å²) in [5, 5.41) is 5.90. The zero-order chi connectivity index (χ0) is 19.2. The molecule has 0 aromatic heterocycles. The van der Waals surface area contributed by atoms with Gasteiger partial charge in [0.05, 0.1) is 0 Å². The number of amides is 3. The SMILES string of the molecule is CC(C)c1ccc(NC(=O)C2CCN(C(=O)Nc3ccccc3)CC2)cc1. The average molecular weight is 365 g/mol. The fourth-order valence-corrected chi connectivity index (χ4v) is 3.26. The first kappa shape index (κ1) is 19.0. The van der Waals surface area contributed by atoms with Crippen LogP contribution in [0.2, 0.25) is 0 Å². The molecule has 0 bridgehead atoms. The summed E-state index contributed by atoms with van der Waals surface area (Å²) in [5.41, 5.74) is 2.87. The standard InChI is InChI=1S/C22H27N3O2/c1-16(2)17-8-10-20(11-9-17)23-21(26)18-12-14-25(15-13-18)22(27)24-19-6-4-3-5-7-19/h3-11,16,18H,12-15H2,1-2H3,(H,23,26)(H,24,27). The topological polar surface area (TPSA) is 61.4 Å². The molecule has 0 aliphatic carbocycles. The molecule has 5 nitrogen and oxygen atoms in total. The zero-order valence-electron chi connectivity index (χ0n) is 15.9. The van der Waals surface area contributed by atoms with Crippen molar-refractivity contribution >= 4 is 23.3 Å². The molecule has 142 valence electrons. The smallest absolute Gasteiger partial charge is 0.321 e. The maximum Gasteiger partial charge on any atom is 0.321 e. The highest BCUT2D eigenvalue weighted by Gasteiger charge is 2.27. The third kappa shape index (κ3) is 5.09. The maximum atomic E-state index is 12.5. The number of carbonyl (C=O) groups is 2. The highest BCUT2D eigenvalue weighted by atomic mass is 16.2. The predicted molar refractivity (Wildman–Crippen MR) is 109 cm³/mol. The second-order valence-corrected chi connectivity index (χ2v) is 7.32. The number of rotatable bonds is 4. The fraction of sp³-hybridized carbons (Fsp3) is 0.364. The number of nitrogens with one attached hydrogen (secondary N) is 2. The summed E-state index contributed by atoms with van der Waals surface area (Å²) in [5.74, 6) is 0.451. The van der Waals surface area contributed by atoms with Crippen LogP contribution in [0.5, 0.6) is 0 Å². The predicted octanol–water partition coefficient (Wildman–Crippen LogP) is 4.69. The molecule has 5 heteroatoms. The lowest BCUT2D eigenvalue weighted by Gasteiger charge is -2.31. The van der Waals surface area contributed by atoms with Crippen LogP contribution in [-0.4, -0.2) is 29.9 Å². The van der Waals surface area contributed by atoms with E-state index in [0.29, 0.717) is 31.8 Å². The van der Waals surface area contributed by atoms with Crippen LogP contribution in [0.15, 0.2) is 54.6 Å². The van der Waals surface area contributed by atoms with Crippen LogP contribution in [0.1, 0.15) is 38.2 Å². The molecule has 3 amide bonds. The van der Waals surface area contributed by atoms with Crippen molar-refractivity contribution in [2.24, 2.45) is 5.92 Å². The Kier molecular flexibility index (Phi) is 6.12. The summed E-state index contributed by atoms with van der Waals surface area (Å²) < 4.78 is 0. The third-order valence-corrected chi connectivity index (χ3v) is 5.02. The van der Waals surface area contributed by atoms with E-state index in [1.54, 1.807) is 4.90 Å². The number of nitrogens with zero attached hydrogens (tertiary/aromatic N) is 1. The Morgan fingerprint density at radius 1 is 0.889 bits per heavy atom. The van der Waals surface area contributed by atoms with Crippen molar-refractivity contribution < 1.29 is 9.59 Å². The lowest BCUT2D eigenvalue weighted by molar-refractivity contribution is -0.121. The van der Waals surface area contributed by atoms with E-state index in [1.807, 2.05) is 42.5 Å². The third-order valence-electron chi connectivity index (χ3n) is 5.02. The highest BCUT2D eigenvalue weighted by Crippen LogP contribution is 2.22. The number of anilines is 2. The first-order chi connectivity index (χ1) is 13.0. The summed E-state index contributed by atoms with van der Waals surface area (Å²) in [6.45, 7) is 5.47. The van der Waals surface area contributed by atoms with Gasteiger partial charge in [0.15, 0.2) is 0 Å². The molecule has 1 aliphatic heterocycles. The molecule has 1 fully saturated rings. The molecule has 2 aromatic carbocycles. The zero-order valence-corrected chi connectivity index (χ0v) is 15.9. The number of carbonyl (C=O) groups excluding carboxylic acids is 2. The van der Waals surface area contributed by atoms with Crippen LogP contribution in [-0.2, 0) is 4.79 Å². The van der Waals surface area contributed by atoms with Gasteiger partial charge in [-0.1, -0.05) is 44.2 Å². The second kappa shape index (κ2) is 8.71. The Morgan fingerprint density at radius 2 is 1.48 bits per heavy atom. The highest BCUT2D eigenvalue weighted by molar-refractivity contribution is 5.93. The minimum absolute atomic E-state index is 0.0374. The van der Waals surface area contributed by atoms with E-state index >= 15 is 0 Å². The number of piperidine rings is 1. The van der Waals surface area contributed by atoms with Crippen molar-refractivity contribution in [3.05, 3.63) is 60.2 Å². The van der Waals surface area contributed by atoms with Crippen LogP contribution >= 0.6 is 0 Å². The monoisotopic (exact) mass is 365 g/mol. The van der Waals surface area contributed by atoms with E-state index in [1.165, 1.54) is 5.56 Å². The van der Waals surface area contributed by atoms with Gasteiger partial charge >= 0.3 is 6.03 Å². The Balaban J connectivity index is 1.48. The van der Waals surface area contributed by atoms with Crippen molar-refractivity contribution in [2.75, 3.05) is 23.7 Å². The fourth-order valence-electron chi connectivity index (χ4n) is 3.26. The number of benzene rings is 2.